The molecule has 15 heavy (non-hydrogen) atoms. The van der Waals surface area contributed by atoms with Gasteiger partial charge in [-0.1, -0.05) is 25.8 Å². The highest BCUT2D eigenvalue weighted by atomic mass is 16.5. The van der Waals surface area contributed by atoms with E-state index in [1.807, 2.05) is 6.08 Å². The van der Waals surface area contributed by atoms with Crippen molar-refractivity contribution in [1.29, 1.82) is 0 Å². The second-order valence-corrected chi connectivity index (χ2v) is 4.02. The molecule has 90 valence electrons. The number of nitrogens with one attached hydrogen (secondary N) is 1. The highest BCUT2D eigenvalue weighted by Crippen LogP contribution is 1.96. The number of ether oxygens (including phenoxy) is 1. The van der Waals surface area contributed by atoms with Crippen molar-refractivity contribution in [2.45, 2.75) is 52.1 Å². The standard InChI is InChI=1S/C13H27NO/c1-4-6-8-10-14-12-13(3)15-11-9-7-5-2/h5,13-14H,2,4,6-12H2,1,3H3. The van der Waals surface area contributed by atoms with Gasteiger partial charge in [0.2, 0.25) is 0 Å². The minimum absolute atomic E-state index is 0.330. The lowest BCUT2D eigenvalue weighted by atomic mass is 10.2. The Morgan fingerprint density at radius 2 is 2.13 bits per heavy atom. The van der Waals surface area contributed by atoms with E-state index >= 15 is 0 Å². The van der Waals surface area contributed by atoms with E-state index in [9.17, 15) is 0 Å². The Hall–Kier alpha value is -0.340. The predicted molar refractivity (Wildman–Crippen MR) is 67.2 cm³/mol. The van der Waals surface area contributed by atoms with Gasteiger partial charge in [0.1, 0.15) is 0 Å². The summed E-state index contributed by atoms with van der Waals surface area (Å²) in [6.45, 7) is 11.0. The highest BCUT2D eigenvalue weighted by molar-refractivity contribution is 4.65. The molecule has 0 aliphatic rings. The Morgan fingerprint density at radius 3 is 2.80 bits per heavy atom. The van der Waals surface area contributed by atoms with Crippen LogP contribution in [0, 0.1) is 0 Å². The molecule has 0 radical (unpaired) electrons. The molecule has 1 unspecified atom stereocenters. The lowest BCUT2D eigenvalue weighted by molar-refractivity contribution is 0.0647. The molecule has 0 amide bonds. The van der Waals surface area contributed by atoms with Crippen molar-refractivity contribution in [1.82, 2.24) is 5.32 Å². The van der Waals surface area contributed by atoms with Gasteiger partial charge in [0.05, 0.1) is 6.10 Å². The Balaban J connectivity index is 3.11. The third-order valence-electron chi connectivity index (χ3n) is 2.34. The summed E-state index contributed by atoms with van der Waals surface area (Å²) in [6, 6.07) is 0. The molecule has 0 aliphatic heterocycles. The van der Waals surface area contributed by atoms with Crippen LogP contribution in [-0.2, 0) is 4.74 Å². The summed E-state index contributed by atoms with van der Waals surface area (Å²) >= 11 is 0. The van der Waals surface area contributed by atoms with Gasteiger partial charge in [0, 0.05) is 13.2 Å². The first kappa shape index (κ1) is 14.7. The van der Waals surface area contributed by atoms with Gasteiger partial charge in [-0.2, -0.15) is 0 Å². The SMILES string of the molecule is C=CCCCOC(C)CNCCCCC. The monoisotopic (exact) mass is 213 g/mol. The van der Waals surface area contributed by atoms with Crippen LogP contribution in [0.1, 0.15) is 46.0 Å². The van der Waals surface area contributed by atoms with Crippen molar-refractivity contribution in [2.75, 3.05) is 19.7 Å². The van der Waals surface area contributed by atoms with Crippen molar-refractivity contribution in [3.63, 3.8) is 0 Å². The van der Waals surface area contributed by atoms with Crippen LogP contribution < -0.4 is 5.32 Å². The molecule has 0 heterocycles. The van der Waals surface area contributed by atoms with E-state index in [4.69, 9.17) is 4.74 Å². The minimum atomic E-state index is 0.330. The summed E-state index contributed by atoms with van der Waals surface area (Å²) in [5, 5.41) is 3.42. The molecule has 2 heteroatoms. The normalized spacial score (nSPS) is 12.7. The molecule has 0 saturated carbocycles. The Labute approximate surface area is 95.1 Å². The second-order valence-electron chi connectivity index (χ2n) is 4.02. The smallest absolute Gasteiger partial charge is 0.0671 e. The van der Waals surface area contributed by atoms with Crippen LogP contribution >= 0.6 is 0 Å². The fourth-order valence-electron chi connectivity index (χ4n) is 1.38. The molecule has 1 atom stereocenters. The lowest BCUT2D eigenvalue weighted by Gasteiger charge is -2.13. The van der Waals surface area contributed by atoms with Crippen molar-refractivity contribution in [2.24, 2.45) is 0 Å². The van der Waals surface area contributed by atoms with E-state index in [0.29, 0.717) is 6.10 Å². The maximum atomic E-state index is 5.64. The van der Waals surface area contributed by atoms with E-state index in [2.05, 4.69) is 25.7 Å². The van der Waals surface area contributed by atoms with E-state index in [1.165, 1.54) is 19.3 Å². The summed E-state index contributed by atoms with van der Waals surface area (Å²) in [4.78, 5) is 0. The summed E-state index contributed by atoms with van der Waals surface area (Å²) in [6.07, 6.45) is 8.30. The third-order valence-corrected chi connectivity index (χ3v) is 2.34. The van der Waals surface area contributed by atoms with Crippen molar-refractivity contribution in [3.8, 4) is 0 Å². The average molecular weight is 213 g/mol. The summed E-state index contributed by atoms with van der Waals surface area (Å²) in [7, 11) is 0. The number of allylic oxidation sites excluding steroid dienone is 1. The van der Waals surface area contributed by atoms with Gasteiger partial charge in [-0.25, -0.2) is 0 Å². The lowest BCUT2D eigenvalue weighted by Crippen LogP contribution is -2.27. The topological polar surface area (TPSA) is 21.3 Å². The summed E-state index contributed by atoms with van der Waals surface area (Å²) in [5.41, 5.74) is 0. The first-order valence-electron chi connectivity index (χ1n) is 6.24. The highest BCUT2D eigenvalue weighted by Gasteiger charge is 2.00. The molecule has 0 rings (SSSR count). The quantitative estimate of drug-likeness (QED) is 0.420. The molecule has 0 saturated heterocycles. The van der Waals surface area contributed by atoms with Crippen LogP contribution in [0.3, 0.4) is 0 Å². The molecule has 0 fully saturated rings. The zero-order valence-electron chi connectivity index (χ0n) is 10.4. The predicted octanol–water partition coefficient (Wildman–Crippen LogP) is 3.14. The van der Waals surface area contributed by atoms with E-state index in [1.54, 1.807) is 0 Å². The molecule has 2 nitrogen and oxygen atoms in total. The van der Waals surface area contributed by atoms with Gasteiger partial charge >= 0.3 is 0 Å². The maximum Gasteiger partial charge on any atom is 0.0671 e. The molecular weight excluding hydrogens is 186 g/mol. The fraction of sp³-hybridized carbons (Fsp3) is 0.846. The van der Waals surface area contributed by atoms with Gasteiger partial charge in [-0.05, 0) is 32.7 Å². The van der Waals surface area contributed by atoms with Crippen molar-refractivity contribution in [3.05, 3.63) is 12.7 Å². The molecular formula is C13H27NO. The van der Waals surface area contributed by atoms with Crippen LogP contribution in [0.4, 0.5) is 0 Å². The Kier molecular flexibility index (Phi) is 11.5. The number of hydrogen-bond donors (Lipinski definition) is 1. The van der Waals surface area contributed by atoms with E-state index < -0.39 is 0 Å². The number of rotatable bonds is 11. The summed E-state index contributed by atoms with van der Waals surface area (Å²) in [5.74, 6) is 0. The zero-order valence-corrected chi connectivity index (χ0v) is 10.4. The fourth-order valence-corrected chi connectivity index (χ4v) is 1.38. The van der Waals surface area contributed by atoms with Gasteiger partial charge < -0.3 is 10.1 Å². The van der Waals surface area contributed by atoms with Crippen molar-refractivity contribution >= 4 is 0 Å². The van der Waals surface area contributed by atoms with Gasteiger partial charge in [0.25, 0.3) is 0 Å². The van der Waals surface area contributed by atoms with Crippen LogP contribution in [0.25, 0.3) is 0 Å². The number of hydrogen-bond acceptors (Lipinski definition) is 2. The largest absolute Gasteiger partial charge is 0.377 e. The molecule has 0 aromatic carbocycles. The van der Waals surface area contributed by atoms with Crippen LogP contribution in [0.15, 0.2) is 12.7 Å². The van der Waals surface area contributed by atoms with E-state index in [0.717, 1.165) is 32.5 Å². The molecule has 0 bridgehead atoms. The molecule has 0 spiro atoms. The first-order chi connectivity index (χ1) is 7.31. The van der Waals surface area contributed by atoms with Crippen LogP contribution in [-0.4, -0.2) is 25.8 Å². The maximum absolute atomic E-state index is 5.64. The molecule has 1 N–H and O–H groups in total. The van der Waals surface area contributed by atoms with Gasteiger partial charge in [0.15, 0.2) is 0 Å². The van der Waals surface area contributed by atoms with Crippen LogP contribution in [0.5, 0.6) is 0 Å². The van der Waals surface area contributed by atoms with Gasteiger partial charge in [-0.3, -0.25) is 0 Å². The first-order valence-corrected chi connectivity index (χ1v) is 6.24. The Morgan fingerprint density at radius 1 is 1.33 bits per heavy atom. The summed E-state index contributed by atoms with van der Waals surface area (Å²) < 4.78 is 5.64. The number of unbranched alkanes of at least 4 members (excludes halogenated alkanes) is 3. The van der Waals surface area contributed by atoms with Crippen molar-refractivity contribution < 1.29 is 4.74 Å². The minimum Gasteiger partial charge on any atom is -0.377 e. The molecule has 0 aromatic heterocycles. The zero-order chi connectivity index (χ0) is 11.4. The second kappa shape index (κ2) is 11.7. The average Bonchev–Trinajstić information content (AvgIpc) is 2.24. The third kappa shape index (κ3) is 11.6. The van der Waals surface area contributed by atoms with E-state index in [-0.39, 0.29) is 0 Å². The van der Waals surface area contributed by atoms with Gasteiger partial charge in [-0.15, -0.1) is 6.58 Å². The Bertz CT molecular complexity index is 136. The molecule has 0 aromatic rings. The van der Waals surface area contributed by atoms with Crippen LogP contribution in [0.2, 0.25) is 0 Å². The molecule has 0 aliphatic carbocycles.